The van der Waals surface area contributed by atoms with Gasteiger partial charge in [-0.2, -0.15) is 0 Å². The molecule has 142 valence electrons. The van der Waals surface area contributed by atoms with Crippen molar-refractivity contribution in [2.75, 3.05) is 38.6 Å². The summed E-state index contributed by atoms with van der Waals surface area (Å²) in [6.45, 7) is 5.22. The van der Waals surface area contributed by atoms with Gasteiger partial charge in [0.1, 0.15) is 0 Å². The van der Waals surface area contributed by atoms with E-state index in [1.54, 1.807) is 30.3 Å². The molecule has 1 N–H and O–H groups in total. The first-order valence-corrected chi connectivity index (χ1v) is 9.41. The molecule has 2 fully saturated rings. The Morgan fingerprint density at radius 2 is 1.77 bits per heavy atom. The second-order valence-corrected chi connectivity index (χ2v) is 7.29. The van der Waals surface area contributed by atoms with Crippen molar-refractivity contribution in [3.8, 4) is 5.88 Å². The van der Waals surface area contributed by atoms with E-state index in [9.17, 15) is 9.59 Å². The zero-order chi connectivity index (χ0) is 18.5. The number of rotatable bonds is 3. The molecule has 2 aliphatic heterocycles. The summed E-state index contributed by atoms with van der Waals surface area (Å²) in [4.78, 5) is 32.9. The quantitative estimate of drug-likeness (QED) is 0.899. The molecule has 1 aromatic rings. The van der Waals surface area contributed by atoms with Crippen molar-refractivity contribution >= 4 is 17.6 Å². The number of likely N-dealkylation sites (tertiary alicyclic amines) is 2. The first kappa shape index (κ1) is 18.5. The number of pyridine rings is 1. The zero-order valence-corrected chi connectivity index (χ0v) is 15.6. The third-order valence-electron chi connectivity index (χ3n) is 5.42. The van der Waals surface area contributed by atoms with Crippen LogP contribution in [0.3, 0.4) is 0 Å². The number of methoxy groups -OCH3 is 1. The average Bonchev–Trinajstić information content (AvgIpc) is 2.68. The minimum absolute atomic E-state index is 0.0495. The molecule has 3 rings (SSSR count). The highest BCUT2D eigenvalue weighted by Crippen LogP contribution is 2.24. The molecule has 3 amide bonds. The van der Waals surface area contributed by atoms with E-state index in [-0.39, 0.29) is 17.9 Å². The number of ether oxygens (including phenoxy) is 1. The van der Waals surface area contributed by atoms with Crippen LogP contribution in [0.1, 0.15) is 32.6 Å². The van der Waals surface area contributed by atoms with Gasteiger partial charge in [-0.15, -0.1) is 0 Å². The summed E-state index contributed by atoms with van der Waals surface area (Å²) in [5.41, 5.74) is 0.655. The Morgan fingerprint density at radius 3 is 2.42 bits per heavy atom. The van der Waals surface area contributed by atoms with Crippen LogP contribution >= 0.6 is 0 Å². The topological polar surface area (TPSA) is 74.8 Å². The van der Waals surface area contributed by atoms with Crippen LogP contribution in [-0.2, 0) is 4.79 Å². The lowest BCUT2D eigenvalue weighted by Crippen LogP contribution is -2.47. The van der Waals surface area contributed by atoms with Gasteiger partial charge in [-0.1, -0.05) is 6.92 Å². The number of amides is 3. The van der Waals surface area contributed by atoms with Gasteiger partial charge < -0.3 is 19.9 Å². The standard InChI is InChI=1S/C19H28N4O3/c1-14-4-9-22(10-5-14)18(24)15-6-11-23(12-7-15)19(25)21-16-3-8-20-17(13-16)26-2/h3,8,13-15H,4-7,9-12H2,1-2H3,(H,20,21,25). The van der Waals surface area contributed by atoms with E-state index in [0.29, 0.717) is 24.7 Å². The van der Waals surface area contributed by atoms with Crippen LogP contribution in [0.2, 0.25) is 0 Å². The Balaban J connectivity index is 1.48. The van der Waals surface area contributed by atoms with Crippen molar-refractivity contribution < 1.29 is 14.3 Å². The van der Waals surface area contributed by atoms with E-state index in [1.807, 2.05) is 4.90 Å². The van der Waals surface area contributed by atoms with Crippen LogP contribution in [0.25, 0.3) is 0 Å². The van der Waals surface area contributed by atoms with Crippen LogP contribution in [0.5, 0.6) is 5.88 Å². The lowest BCUT2D eigenvalue weighted by Gasteiger charge is -2.36. The van der Waals surface area contributed by atoms with Crippen LogP contribution < -0.4 is 10.1 Å². The third-order valence-corrected chi connectivity index (χ3v) is 5.42. The van der Waals surface area contributed by atoms with Gasteiger partial charge in [0.2, 0.25) is 11.8 Å². The highest BCUT2D eigenvalue weighted by molar-refractivity contribution is 5.89. The molecule has 7 heteroatoms. The van der Waals surface area contributed by atoms with E-state index >= 15 is 0 Å². The molecule has 0 radical (unpaired) electrons. The molecule has 2 aliphatic rings. The second kappa shape index (κ2) is 8.38. The van der Waals surface area contributed by atoms with E-state index in [1.165, 1.54) is 0 Å². The number of nitrogens with one attached hydrogen (secondary N) is 1. The summed E-state index contributed by atoms with van der Waals surface area (Å²) in [6, 6.07) is 3.27. The van der Waals surface area contributed by atoms with Gasteiger partial charge in [-0.05, 0) is 37.7 Å². The van der Waals surface area contributed by atoms with Crippen molar-refractivity contribution in [3.63, 3.8) is 0 Å². The number of anilines is 1. The number of urea groups is 1. The fourth-order valence-corrected chi connectivity index (χ4v) is 3.62. The average molecular weight is 360 g/mol. The second-order valence-electron chi connectivity index (χ2n) is 7.29. The minimum Gasteiger partial charge on any atom is -0.481 e. The van der Waals surface area contributed by atoms with Gasteiger partial charge in [0.15, 0.2) is 0 Å². The number of aromatic nitrogens is 1. The molecular formula is C19H28N4O3. The van der Waals surface area contributed by atoms with E-state index in [0.717, 1.165) is 44.7 Å². The molecule has 0 unspecified atom stereocenters. The largest absolute Gasteiger partial charge is 0.481 e. The minimum atomic E-state index is -0.143. The Bertz CT molecular complexity index is 635. The molecule has 0 aromatic carbocycles. The molecule has 26 heavy (non-hydrogen) atoms. The molecule has 0 aliphatic carbocycles. The lowest BCUT2D eigenvalue weighted by atomic mass is 9.93. The molecule has 3 heterocycles. The van der Waals surface area contributed by atoms with Gasteiger partial charge in [0, 0.05) is 50.0 Å². The van der Waals surface area contributed by atoms with Crippen molar-refractivity contribution in [2.24, 2.45) is 11.8 Å². The lowest BCUT2D eigenvalue weighted by molar-refractivity contribution is -0.138. The highest BCUT2D eigenvalue weighted by atomic mass is 16.5. The Hall–Kier alpha value is -2.31. The Kier molecular flexibility index (Phi) is 5.96. The van der Waals surface area contributed by atoms with Gasteiger partial charge in [0.25, 0.3) is 0 Å². The maximum atomic E-state index is 12.7. The number of nitrogens with zero attached hydrogens (tertiary/aromatic N) is 3. The first-order chi connectivity index (χ1) is 12.6. The molecule has 0 saturated carbocycles. The smallest absolute Gasteiger partial charge is 0.321 e. The van der Waals surface area contributed by atoms with Crippen LogP contribution in [-0.4, -0.2) is 60.0 Å². The van der Waals surface area contributed by atoms with Gasteiger partial charge >= 0.3 is 6.03 Å². The van der Waals surface area contributed by atoms with Crippen LogP contribution in [0, 0.1) is 11.8 Å². The van der Waals surface area contributed by atoms with Crippen molar-refractivity contribution in [2.45, 2.75) is 32.6 Å². The molecule has 0 atom stereocenters. The summed E-state index contributed by atoms with van der Waals surface area (Å²) in [6.07, 6.45) is 5.26. The Labute approximate surface area is 154 Å². The normalized spacial score (nSPS) is 19.3. The number of carbonyl (C=O) groups excluding carboxylic acids is 2. The third kappa shape index (κ3) is 4.45. The molecule has 0 spiro atoms. The SMILES string of the molecule is COc1cc(NC(=O)N2CCC(C(=O)N3CCC(C)CC3)CC2)ccn1. The molecule has 7 nitrogen and oxygen atoms in total. The molecule has 2 saturated heterocycles. The van der Waals surface area contributed by atoms with Gasteiger partial charge in [0.05, 0.1) is 7.11 Å². The van der Waals surface area contributed by atoms with Crippen LogP contribution in [0.4, 0.5) is 10.5 Å². The maximum absolute atomic E-state index is 12.7. The zero-order valence-electron chi connectivity index (χ0n) is 15.6. The number of piperidine rings is 2. The molecule has 0 bridgehead atoms. The molecular weight excluding hydrogens is 332 g/mol. The summed E-state index contributed by atoms with van der Waals surface area (Å²) in [5.74, 6) is 1.50. The predicted octanol–water partition coefficient (Wildman–Crippen LogP) is 2.59. The van der Waals surface area contributed by atoms with E-state index in [2.05, 4.69) is 17.2 Å². The van der Waals surface area contributed by atoms with Crippen molar-refractivity contribution in [1.29, 1.82) is 0 Å². The van der Waals surface area contributed by atoms with E-state index in [4.69, 9.17) is 4.74 Å². The number of carbonyl (C=O) groups is 2. The summed E-state index contributed by atoms with van der Waals surface area (Å²) in [7, 11) is 1.54. The van der Waals surface area contributed by atoms with Crippen molar-refractivity contribution in [1.82, 2.24) is 14.8 Å². The highest BCUT2D eigenvalue weighted by Gasteiger charge is 2.31. The predicted molar refractivity (Wildman–Crippen MR) is 99.1 cm³/mol. The number of hydrogen-bond donors (Lipinski definition) is 1. The van der Waals surface area contributed by atoms with Crippen molar-refractivity contribution in [3.05, 3.63) is 18.3 Å². The maximum Gasteiger partial charge on any atom is 0.321 e. The van der Waals surface area contributed by atoms with E-state index < -0.39 is 0 Å². The number of hydrogen-bond acceptors (Lipinski definition) is 4. The summed E-state index contributed by atoms with van der Waals surface area (Å²) in [5, 5.41) is 2.87. The van der Waals surface area contributed by atoms with Gasteiger partial charge in [-0.25, -0.2) is 9.78 Å². The fourth-order valence-electron chi connectivity index (χ4n) is 3.62. The fraction of sp³-hybridized carbons (Fsp3) is 0.632. The van der Waals surface area contributed by atoms with Gasteiger partial charge in [-0.3, -0.25) is 4.79 Å². The van der Waals surface area contributed by atoms with Crippen LogP contribution in [0.15, 0.2) is 18.3 Å². The molecule has 1 aromatic heterocycles. The summed E-state index contributed by atoms with van der Waals surface area (Å²) >= 11 is 0. The first-order valence-electron chi connectivity index (χ1n) is 9.41. The monoisotopic (exact) mass is 360 g/mol. The summed E-state index contributed by atoms with van der Waals surface area (Å²) < 4.78 is 5.07. The Morgan fingerprint density at radius 1 is 1.12 bits per heavy atom.